The minimum absolute atomic E-state index is 0.0455. The minimum Gasteiger partial charge on any atom is -0.345 e. The standard InChI is InChI=1S/C22H24FN3O/c1-15-20(16(2)26(3)25-15)13-14-21(27)24-22(17-7-5-4-6-8-17)18-9-11-19(23)12-10-18/h4-12,22H,13-14H2,1-3H3,(H,24,27). The van der Waals surface area contributed by atoms with Crippen LogP contribution in [-0.4, -0.2) is 15.7 Å². The normalized spacial score (nSPS) is 12.0. The Morgan fingerprint density at radius 2 is 1.70 bits per heavy atom. The molecule has 0 radical (unpaired) electrons. The second kappa shape index (κ2) is 8.16. The van der Waals surface area contributed by atoms with Crippen LogP contribution < -0.4 is 5.32 Å². The minimum atomic E-state index is -0.310. The van der Waals surface area contributed by atoms with Crippen LogP contribution in [0.2, 0.25) is 0 Å². The topological polar surface area (TPSA) is 46.9 Å². The summed E-state index contributed by atoms with van der Waals surface area (Å²) in [7, 11) is 1.91. The molecule has 1 N–H and O–H groups in total. The van der Waals surface area contributed by atoms with Gasteiger partial charge in [0.25, 0.3) is 0 Å². The SMILES string of the molecule is Cc1nn(C)c(C)c1CCC(=O)NC(c1ccccc1)c1ccc(F)cc1. The van der Waals surface area contributed by atoms with Gasteiger partial charge in [-0.3, -0.25) is 9.48 Å². The molecule has 0 saturated heterocycles. The molecule has 3 rings (SSSR count). The number of amides is 1. The number of nitrogens with zero attached hydrogens (tertiary/aromatic N) is 2. The first-order valence-electron chi connectivity index (χ1n) is 9.04. The summed E-state index contributed by atoms with van der Waals surface area (Å²) in [5, 5.41) is 7.50. The molecule has 0 fully saturated rings. The lowest BCUT2D eigenvalue weighted by Gasteiger charge is -2.20. The number of aryl methyl sites for hydroxylation is 2. The predicted octanol–water partition coefficient (Wildman–Crippen LogP) is 4.01. The van der Waals surface area contributed by atoms with Crippen LogP contribution in [0.1, 0.15) is 40.5 Å². The Morgan fingerprint density at radius 3 is 2.30 bits per heavy atom. The van der Waals surface area contributed by atoms with Gasteiger partial charge in [-0.05, 0) is 49.1 Å². The molecule has 27 heavy (non-hydrogen) atoms. The van der Waals surface area contributed by atoms with E-state index in [4.69, 9.17) is 0 Å². The van der Waals surface area contributed by atoms with Gasteiger partial charge in [-0.25, -0.2) is 4.39 Å². The summed E-state index contributed by atoms with van der Waals surface area (Å²) in [4.78, 5) is 12.7. The second-order valence-corrected chi connectivity index (χ2v) is 6.74. The molecule has 0 aliphatic carbocycles. The molecule has 1 heterocycles. The molecule has 0 saturated carbocycles. The van der Waals surface area contributed by atoms with E-state index in [1.54, 1.807) is 12.1 Å². The quantitative estimate of drug-likeness (QED) is 0.717. The van der Waals surface area contributed by atoms with Crippen molar-refractivity contribution < 1.29 is 9.18 Å². The van der Waals surface area contributed by atoms with E-state index in [1.807, 2.05) is 55.9 Å². The van der Waals surface area contributed by atoms with Gasteiger partial charge in [-0.1, -0.05) is 42.5 Å². The largest absolute Gasteiger partial charge is 0.345 e. The molecule has 3 aromatic rings. The molecule has 0 aliphatic heterocycles. The number of halogens is 1. The lowest BCUT2D eigenvalue weighted by molar-refractivity contribution is -0.121. The summed E-state index contributed by atoms with van der Waals surface area (Å²) >= 11 is 0. The van der Waals surface area contributed by atoms with Crippen molar-refractivity contribution in [2.24, 2.45) is 7.05 Å². The van der Waals surface area contributed by atoms with Gasteiger partial charge < -0.3 is 5.32 Å². The van der Waals surface area contributed by atoms with Crippen LogP contribution in [0, 0.1) is 19.7 Å². The number of rotatable bonds is 6. The highest BCUT2D eigenvalue weighted by atomic mass is 19.1. The second-order valence-electron chi connectivity index (χ2n) is 6.74. The van der Waals surface area contributed by atoms with E-state index in [-0.39, 0.29) is 17.8 Å². The Morgan fingerprint density at radius 1 is 1.07 bits per heavy atom. The lowest BCUT2D eigenvalue weighted by Crippen LogP contribution is -2.29. The summed E-state index contributed by atoms with van der Waals surface area (Å²) in [6.07, 6.45) is 1.01. The third kappa shape index (κ3) is 4.42. The third-order valence-corrected chi connectivity index (χ3v) is 4.90. The fraction of sp³-hybridized carbons (Fsp3) is 0.273. The van der Waals surface area contributed by atoms with Crippen molar-refractivity contribution in [1.29, 1.82) is 0 Å². The van der Waals surface area contributed by atoms with Crippen molar-refractivity contribution in [1.82, 2.24) is 15.1 Å². The molecule has 2 aromatic carbocycles. The monoisotopic (exact) mass is 365 g/mol. The van der Waals surface area contributed by atoms with Crippen LogP contribution >= 0.6 is 0 Å². The molecule has 0 aliphatic rings. The van der Waals surface area contributed by atoms with Gasteiger partial charge in [0.05, 0.1) is 11.7 Å². The smallest absolute Gasteiger partial charge is 0.221 e. The fourth-order valence-electron chi connectivity index (χ4n) is 3.31. The van der Waals surface area contributed by atoms with E-state index in [0.29, 0.717) is 12.8 Å². The maximum Gasteiger partial charge on any atom is 0.221 e. The molecule has 5 heteroatoms. The van der Waals surface area contributed by atoms with Crippen LogP contribution in [0.4, 0.5) is 4.39 Å². The summed E-state index contributed by atoms with van der Waals surface area (Å²) in [5.41, 5.74) is 4.97. The van der Waals surface area contributed by atoms with E-state index < -0.39 is 0 Å². The Bertz CT molecular complexity index is 917. The van der Waals surface area contributed by atoms with Crippen LogP contribution in [0.5, 0.6) is 0 Å². The molecule has 1 unspecified atom stereocenters. The van der Waals surface area contributed by atoms with E-state index >= 15 is 0 Å². The molecule has 1 aromatic heterocycles. The maximum absolute atomic E-state index is 13.3. The molecule has 1 atom stereocenters. The van der Waals surface area contributed by atoms with Gasteiger partial charge in [0, 0.05) is 19.2 Å². The van der Waals surface area contributed by atoms with Gasteiger partial charge >= 0.3 is 0 Å². The van der Waals surface area contributed by atoms with Crippen LogP contribution in [0.3, 0.4) is 0 Å². The number of benzene rings is 2. The molecule has 1 amide bonds. The maximum atomic E-state index is 13.3. The lowest BCUT2D eigenvalue weighted by atomic mass is 9.98. The van der Waals surface area contributed by atoms with E-state index in [2.05, 4.69) is 10.4 Å². The zero-order valence-corrected chi connectivity index (χ0v) is 15.9. The Balaban J connectivity index is 1.75. The van der Waals surface area contributed by atoms with Crippen LogP contribution in [0.15, 0.2) is 54.6 Å². The van der Waals surface area contributed by atoms with Crippen molar-refractivity contribution >= 4 is 5.91 Å². The Kier molecular flexibility index (Phi) is 5.69. The van der Waals surface area contributed by atoms with Crippen LogP contribution in [-0.2, 0) is 18.3 Å². The highest BCUT2D eigenvalue weighted by molar-refractivity contribution is 5.77. The molecular formula is C22H24FN3O. The third-order valence-electron chi connectivity index (χ3n) is 4.90. The number of hydrogen-bond donors (Lipinski definition) is 1. The van der Waals surface area contributed by atoms with Crippen molar-refractivity contribution in [2.75, 3.05) is 0 Å². The number of aromatic nitrogens is 2. The fourth-order valence-corrected chi connectivity index (χ4v) is 3.31. The van der Waals surface area contributed by atoms with Crippen LogP contribution in [0.25, 0.3) is 0 Å². The molecule has 4 nitrogen and oxygen atoms in total. The number of nitrogens with one attached hydrogen (secondary N) is 1. The zero-order chi connectivity index (χ0) is 19.4. The highest BCUT2D eigenvalue weighted by Gasteiger charge is 2.18. The average molecular weight is 365 g/mol. The van der Waals surface area contributed by atoms with Gasteiger partial charge in [-0.15, -0.1) is 0 Å². The molecule has 0 bridgehead atoms. The van der Waals surface area contributed by atoms with E-state index in [0.717, 1.165) is 28.1 Å². The first-order chi connectivity index (χ1) is 13.0. The first kappa shape index (κ1) is 18.8. The van der Waals surface area contributed by atoms with Crippen molar-refractivity contribution in [2.45, 2.75) is 32.7 Å². The van der Waals surface area contributed by atoms with Gasteiger partial charge in [0.15, 0.2) is 0 Å². The summed E-state index contributed by atoms with van der Waals surface area (Å²) in [6.45, 7) is 3.98. The highest BCUT2D eigenvalue weighted by Crippen LogP contribution is 2.23. The molecular weight excluding hydrogens is 341 g/mol. The Hall–Kier alpha value is -2.95. The van der Waals surface area contributed by atoms with E-state index in [9.17, 15) is 9.18 Å². The van der Waals surface area contributed by atoms with Gasteiger partial charge in [-0.2, -0.15) is 5.10 Å². The first-order valence-corrected chi connectivity index (χ1v) is 9.04. The van der Waals surface area contributed by atoms with Crippen molar-refractivity contribution in [3.05, 3.63) is 88.5 Å². The summed E-state index contributed by atoms with van der Waals surface area (Å²) < 4.78 is 15.1. The average Bonchev–Trinajstić information content (AvgIpc) is 2.91. The van der Waals surface area contributed by atoms with Crippen molar-refractivity contribution in [3.63, 3.8) is 0 Å². The Labute approximate surface area is 159 Å². The van der Waals surface area contributed by atoms with Gasteiger partial charge in [0.1, 0.15) is 5.82 Å². The summed E-state index contributed by atoms with van der Waals surface area (Å²) in [5.74, 6) is -0.338. The number of carbonyl (C=O) groups is 1. The number of hydrogen-bond acceptors (Lipinski definition) is 2. The zero-order valence-electron chi connectivity index (χ0n) is 15.9. The molecule has 0 spiro atoms. The van der Waals surface area contributed by atoms with Crippen molar-refractivity contribution in [3.8, 4) is 0 Å². The number of carbonyl (C=O) groups excluding carboxylic acids is 1. The summed E-state index contributed by atoms with van der Waals surface area (Å²) in [6, 6.07) is 15.7. The predicted molar refractivity (Wildman–Crippen MR) is 104 cm³/mol. The molecule has 140 valence electrons. The van der Waals surface area contributed by atoms with E-state index in [1.165, 1.54) is 12.1 Å². The van der Waals surface area contributed by atoms with Gasteiger partial charge in [0.2, 0.25) is 5.91 Å².